The summed E-state index contributed by atoms with van der Waals surface area (Å²) in [6, 6.07) is 4.12. The number of nitro groups is 1. The van der Waals surface area contributed by atoms with Crippen molar-refractivity contribution < 1.29 is 14.8 Å². The molecule has 2 rings (SSSR count). The van der Waals surface area contributed by atoms with E-state index in [0.717, 1.165) is 12.8 Å². The highest BCUT2D eigenvalue weighted by molar-refractivity contribution is 5.93. The van der Waals surface area contributed by atoms with Crippen LogP contribution in [0.15, 0.2) is 18.2 Å². The topological polar surface area (TPSA) is 95.7 Å². The second kappa shape index (κ2) is 5.69. The van der Waals surface area contributed by atoms with E-state index in [0.29, 0.717) is 12.2 Å². The quantitative estimate of drug-likeness (QED) is 0.616. The molecule has 0 amide bonds. The van der Waals surface area contributed by atoms with E-state index in [1.807, 2.05) is 14.1 Å². The number of nitrogens with zero attached hydrogens (tertiary/aromatic N) is 2. The summed E-state index contributed by atoms with van der Waals surface area (Å²) in [5.41, 5.74) is -0.0309. The minimum atomic E-state index is -1.29. The number of nitro benzene ring substituents is 1. The lowest BCUT2D eigenvalue weighted by Crippen LogP contribution is -2.54. The van der Waals surface area contributed by atoms with Crippen molar-refractivity contribution in [2.24, 2.45) is 0 Å². The van der Waals surface area contributed by atoms with E-state index < -0.39 is 10.9 Å². The molecule has 1 aromatic rings. The number of nitrogens with one attached hydrogen (secondary N) is 1. The van der Waals surface area contributed by atoms with Crippen molar-refractivity contribution >= 4 is 17.3 Å². The molecule has 0 bridgehead atoms. The first-order chi connectivity index (χ1) is 9.85. The zero-order chi connectivity index (χ0) is 15.6. The molecule has 21 heavy (non-hydrogen) atoms. The average Bonchev–Trinajstić information content (AvgIpc) is 2.36. The van der Waals surface area contributed by atoms with Gasteiger partial charge in [-0.25, -0.2) is 4.79 Å². The maximum atomic E-state index is 11.0. The minimum absolute atomic E-state index is 0.0836. The first kappa shape index (κ1) is 15.2. The summed E-state index contributed by atoms with van der Waals surface area (Å²) in [7, 11) is 4.05. The molecule has 1 aliphatic carbocycles. The van der Waals surface area contributed by atoms with Gasteiger partial charge in [-0.1, -0.05) is 0 Å². The summed E-state index contributed by atoms with van der Waals surface area (Å²) in [4.78, 5) is 23.4. The molecule has 114 valence electrons. The molecular formula is C14H19N3O4. The molecule has 1 saturated carbocycles. The largest absolute Gasteiger partial charge is 0.477 e. The molecule has 0 atom stereocenters. The van der Waals surface area contributed by atoms with E-state index in [4.69, 9.17) is 5.11 Å². The summed E-state index contributed by atoms with van der Waals surface area (Å²) in [6.07, 6.45) is 3.35. The van der Waals surface area contributed by atoms with Crippen molar-refractivity contribution in [1.82, 2.24) is 4.90 Å². The van der Waals surface area contributed by atoms with Gasteiger partial charge >= 0.3 is 5.97 Å². The van der Waals surface area contributed by atoms with Gasteiger partial charge in [0, 0.05) is 23.8 Å². The lowest BCUT2D eigenvalue weighted by molar-refractivity contribution is -0.385. The second-order valence-electron chi connectivity index (χ2n) is 5.62. The van der Waals surface area contributed by atoms with E-state index in [-0.39, 0.29) is 16.8 Å². The maximum absolute atomic E-state index is 11.0. The van der Waals surface area contributed by atoms with Crippen LogP contribution in [0.2, 0.25) is 0 Å². The average molecular weight is 293 g/mol. The maximum Gasteiger partial charge on any atom is 0.342 e. The molecule has 0 unspecified atom stereocenters. The van der Waals surface area contributed by atoms with Crippen molar-refractivity contribution in [2.45, 2.75) is 24.8 Å². The fourth-order valence-corrected chi connectivity index (χ4v) is 2.61. The minimum Gasteiger partial charge on any atom is -0.477 e. The first-order valence-corrected chi connectivity index (χ1v) is 6.79. The third-order valence-corrected chi connectivity index (χ3v) is 4.28. The SMILES string of the molecule is CN(C)C1(CNc2ccc(C(=O)O)c([N+](=O)[O-])c2)CCC1. The molecule has 0 aliphatic heterocycles. The molecule has 0 aromatic heterocycles. The number of hydrogen-bond donors (Lipinski definition) is 2. The van der Waals surface area contributed by atoms with Crippen LogP contribution in [0, 0.1) is 10.1 Å². The van der Waals surface area contributed by atoms with Crippen LogP contribution in [0.25, 0.3) is 0 Å². The molecule has 0 heterocycles. The molecule has 1 fully saturated rings. The van der Waals surface area contributed by atoms with E-state index in [9.17, 15) is 14.9 Å². The van der Waals surface area contributed by atoms with Crippen molar-refractivity contribution in [3.05, 3.63) is 33.9 Å². The fraction of sp³-hybridized carbons (Fsp3) is 0.500. The Morgan fingerprint density at radius 3 is 2.57 bits per heavy atom. The monoisotopic (exact) mass is 293 g/mol. The number of benzene rings is 1. The van der Waals surface area contributed by atoms with Crippen molar-refractivity contribution in [3.63, 3.8) is 0 Å². The zero-order valence-corrected chi connectivity index (χ0v) is 12.1. The fourth-order valence-electron chi connectivity index (χ4n) is 2.61. The van der Waals surface area contributed by atoms with E-state index in [2.05, 4.69) is 10.2 Å². The molecular weight excluding hydrogens is 274 g/mol. The summed E-state index contributed by atoms with van der Waals surface area (Å²) in [5.74, 6) is -1.29. The van der Waals surface area contributed by atoms with Gasteiger partial charge in [0.15, 0.2) is 0 Å². The number of carboxylic acids is 1. The number of aromatic carboxylic acids is 1. The molecule has 1 aromatic carbocycles. The van der Waals surface area contributed by atoms with Gasteiger partial charge < -0.3 is 15.3 Å². The van der Waals surface area contributed by atoms with Gasteiger partial charge in [0.05, 0.1) is 4.92 Å². The van der Waals surface area contributed by atoms with Crippen LogP contribution in [0.1, 0.15) is 29.6 Å². The van der Waals surface area contributed by atoms with Gasteiger partial charge in [-0.15, -0.1) is 0 Å². The third-order valence-electron chi connectivity index (χ3n) is 4.28. The Kier molecular flexibility index (Phi) is 4.13. The number of rotatable bonds is 6. The van der Waals surface area contributed by atoms with Gasteiger partial charge in [-0.2, -0.15) is 0 Å². The summed E-state index contributed by atoms with van der Waals surface area (Å²) >= 11 is 0. The van der Waals surface area contributed by atoms with Gasteiger partial charge in [0.2, 0.25) is 0 Å². The normalized spacial score (nSPS) is 16.3. The molecule has 0 spiro atoms. The van der Waals surface area contributed by atoms with Crippen LogP contribution >= 0.6 is 0 Å². The van der Waals surface area contributed by atoms with Crippen molar-refractivity contribution in [3.8, 4) is 0 Å². The second-order valence-corrected chi connectivity index (χ2v) is 5.62. The molecule has 1 aliphatic rings. The van der Waals surface area contributed by atoms with E-state index in [1.54, 1.807) is 6.07 Å². The lowest BCUT2D eigenvalue weighted by atomic mass is 9.75. The van der Waals surface area contributed by atoms with Crippen LogP contribution in [-0.4, -0.2) is 47.1 Å². The smallest absolute Gasteiger partial charge is 0.342 e. The van der Waals surface area contributed by atoms with Crippen LogP contribution in [0.5, 0.6) is 0 Å². The number of carbonyl (C=O) groups is 1. The Balaban J connectivity index is 2.16. The predicted octanol–water partition coefficient (Wildman–Crippen LogP) is 2.19. The standard InChI is InChI=1S/C14H19N3O4/c1-16(2)14(6-3-7-14)9-15-10-4-5-11(13(18)19)12(8-10)17(20)21/h4-5,8,15H,3,6-7,9H2,1-2H3,(H,18,19). The first-order valence-electron chi connectivity index (χ1n) is 6.79. The van der Waals surface area contributed by atoms with Crippen LogP contribution in [0.4, 0.5) is 11.4 Å². The van der Waals surface area contributed by atoms with Crippen LogP contribution in [0.3, 0.4) is 0 Å². The van der Waals surface area contributed by atoms with Crippen LogP contribution in [-0.2, 0) is 0 Å². The molecule has 0 saturated heterocycles. The molecule has 0 radical (unpaired) electrons. The number of hydrogen-bond acceptors (Lipinski definition) is 5. The Morgan fingerprint density at radius 1 is 1.48 bits per heavy atom. The summed E-state index contributed by atoms with van der Waals surface area (Å²) in [5, 5.41) is 23.1. The highest BCUT2D eigenvalue weighted by Gasteiger charge is 2.38. The number of likely N-dealkylation sites (N-methyl/N-ethyl adjacent to an activating group) is 1. The third kappa shape index (κ3) is 2.97. The summed E-state index contributed by atoms with van der Waals surface area (Å²) in [6.45, 7) is 0.684. The van der Waals surface area contributed by atoms with Gasteiger partial charge in [-0.05, 0) is 45.5 Å². The Bertz CT molecular complexity index is 567. The van der Waals surface area contributed by atoms with Gasteiger partial charge in [0.1, 0.15) is 5.56 Å². The van der Waals surface area contributed by atoms with Crippen molar-refractivity contribution in [2.75, 3.05) is 26.0 Å². The number of carboxylic acid groups (broad SMARTS) is 1. The Hall–Kier alpha value is -2.15. The Labute approximate surface area is 122 Å². The number of anilines is 1. The van der Waals surface area contributed by atoms with E-state index >= 15 is 0 Å². The highest BCUT2D eigenvalue weighted by Crippen LogP contribution is 2.36. The zero-order valence-electron chi connectivity index (χ0n) is 12.1. The van der Waals surface area contributed by atoms with Crippen molar-refractivity contribution in [1.29, 1.82) is 0 Å². The van der Waals surface area contributed by atoms with Crippen LogP contribution < -0.4 is 5.32 Å². The molecule has 7 heteroatoms. The Morgan fingerprint density at radius 2 is 2.14 bits per heavy atom. The predicted molar refractivity (Wildman–Crippen MR) is 78.8 cm³/mol. The van der Waals surface area contributed by atoms with Gasteiger partial charge in [-0.3, -0.25) is 10.1 Å². The van der Waals surface area contributed by atoms with Gasteiger partial charge in [0.25, 0.3) is 5.69 Å². The highest BCUT2D eigenvalue weighted by atomic mass is 16.6. The molecule has 7 nitrogen and oxygen atoms in total. The van der Waals surface area contributed by atoms with E-state index in [1.165, 1.54) is 18.6 Å². The molecule has 2 N–H and O–H groups in total. The lowest BCUT2D eigenvalue weighted by Gasteiger charge is -2.47. The summed E-state index contributed by atoms with van der Waals surface area (Å²) < 4.78 is 0.